The van der Waals surface area contributed by atoms with Crippen LogP contribution in [0.3, 0.4) is 0 Å². The maximum atomic E-state index is 12.3. The smallest absolute Gasteiger partial charge is 0.220 e. The van der Waals surface area contributed by atoms with Crippen molar-refractivity contribution in [3.63, 3.8) is 0 Å². The lowest BCUT2D eigenvalue weighted by molar-refractivity contribution is -0.122. The van der Waals surface area contributed by atoms with Gasteiger partial charge in [0, 0.05) is 42.1 Å². The third-order valence-corrected chi connectivity index (χ3v) is 5.73. The molecule has 0 radical (unpaired) electrons. The number of carbonyl (C=O) groups excluding carboxylic acids is 1. The predicted molar refractivity (Wildman–Crippen MR) is 97.0 cm³/mol. The number of hydrogen-bond acceptors (Lipinski definition) is 2. The van der Waals surface area contributed by atoms with Crippen LogP contribution in [0.4, 0.5) is 0 Å². The van der Waals surface area contributed by atoms with Crippen LogP contribution in [0.2, 0.25) is 0 Å². The molecule has 3 heterocycles. The first-order chi connectivity index (χ1) is 11.8. The van der Waals surface area contributed by atoms with Gasteiger partial charge in [0.15, 0.2) is 0 Å². The Balaban J connectivity index is 1.26. The zero-order chi connectivity index (χ0) is 16.4. The molecule has 0 bridgehead atoms. The van der Waals surface area contributed by atoms with Crippen LogP contribution in [0.15, 0.2) is 30.5 Å². The van der Waals surface area contributed by atoms with E-state index in [1.165, 1.54) is 42.3 Å². The number of H-pyrrole nitrogens is 1. The molecule has 0 unspecified atom stereocenters. The first-order valence-electron chi connectivity index (χ1n) is 9.40. The van der Waals surface area contributed by atoms with Crippen molar-refractivity contribution in [2.75, 3.05) is 13.1 Å². The van der Waals surface area contributed by atoms with Crippen molar-refractivity contribution in [3.05, 3.63) is 36.0 Å². The van der Waals surface area contributed by atoms with Gasteiger partial charge >= 0.3 is 0 Å². The topological polar surface area (TPSA) is 48.1 Å². The van der Waals surface area contributed by atoms with Crippen molar-refractivity contribution in [1.29, 1.82) is 0 Å². The van der Waals surface area contributed by atoms with Crippen molar-refractivity contribution in [3.8, 4) is 0 Å². The number of hydrogen-bond donors (Lipinski definition) is 2. The molecule has 2 N–H and O–H groups in total. The molecule has 4 heteroatoms. The number of piperidine rings is 1. The summed E-state index contributed by atoms with van der Waals surface area (Å²) in [5.74, 6) is 0.229. The molecule has 0 saturated carbocycles. The van der Waals surface area contributed by atoms with Crippen LogP contribution in [0.25, 0.3) is 10.9 Å². The van der Waals surface area contributed by atoms with E-state index in [1.54, 1.807) is 0 Å². The normalized spacial score (nSPS) is 24.2. The van der Waals surface area contributed by atoms with Crippen LogP contribution < -0.4 is 5.32 Å². The van der Waals surface area contributed by atoms with Gasteiger partial charge in [-0.1, -0.05) is 24.6 Å². The highest BCUT2D eigenvalue weighted by molar-refractivity contribution is 5.83. The van der Waals surface area contributed by atoms with Crippen molar-refractivity contribution in [2.45, 2.75) is 57.0 Å². The molecule has 128 valence electrons. The molecule has 2 saturated heterocycles. The molecule has 2 aliphatic heterocycles. The summed E-state index contributed by atoms with van der Waals surface area (Å²) in [5, 5.41) is 4.59. The number of nitrogens with one attached hydrogen (secondary N) is 2. The summed E-state index contributed by atoms with van der Waals surface area (Å²) < 4.78 is 0. The molecule has 2 aromatic rings. The molecular weight excluding hydrogens is 298 g/mol. The fourth-order valence-electron chi connectivity index (χ4n) is 4.47. The zero-order valence-electron chi connectivity index (χ0n) is 14.3. The Kier molecular flexibility index (Phi) is 4.56. The summed E-state index contributed by atoms with van der Waals surface area (Å²) in [4.78, 5) is 18.2. The minimum atomic E-state index is 0.229. The minimum absolute atomic E-state index is 0.229. The van der Waals surface area contributed by atoms with Gasteiger partial charge in [-0.2, -0.15) is 0 Å². The maximum absolute atomic E-state index is 12.3. The quantitative estimate of drug-likeness (QED) is 0.886. The van der Waals surface area contributed by atoms with Gasteiger partial charge in [-0.15, -0.1) is 0 Å². The molecular formula is C20H27N3O. The predicted octanol–water partition coefficient (Wildman–Crippen LogP) is 3.23. The number of fused-ring (bicyclic) bond motifs is 2. The molecule has 0 aliphatic carbocycles. The summed E-state index contributed by atoms with van der Waals surface area (Å²) >= 11 is 0. The van der Waals surface area contributed by atoms with Gasteiger partial charge in [0.1, 0.15) is 0 Å². The molecule has 0 spiro atoms. The average Bonchev–Trinajstić information content (AvgIpc) is 3.20. The number of amides is 1. The molecule has 2 aliphatic rings. The second-order valence-corrected chi connectivity index (χ2v) is 7.27. The van der Waals surface area contributed by atoms with Gasteiger partial charge in [-0.05, 0) is 50.3 Å². The van der Waals surface area contributed by atoms with Crippen LogP contribution in [0.5, 0.6) is 0 Å². The number of aryl methyl sites for hydroxylation is 1. The number of rotatable bonds is 5. The lowest BCUT2D eigenvalue weighted by Gasteiger charge is -2.32. The summed E-state index contributed by atoms with van der Waals surface area (Å²) in [6.45, 7) is 2.38. The van der Waals surface area contributed by atoms with E-state index in [2.05, 4.69) is 39.6 Å². The second kappa shape index (κ2) is 6.98. The number of benzene rings is 1. The standard InChI is InChI=1S/C20H27N3O/c24-20(22-18-11-13-23-12-4-3-9-19(18)23)10-5-6-15-14-21-17-8-2-1-7-16(15)17/h1-2,7-8,14,18-19,21H,3-6,9-13H2,(H,22,24)/t18-,19+/m0/s1. The Morgan fingerprint density at radius 1 is 1.21 bits per heavy atom. The Bertz CT molecular complexity index is 708. The monoisotopic (exact) mass is 325 g/mol. The molecule has 2 atom stereocenters. The van der Waals surface area contributed by atoms with Gasteiger partial charge in [0.25, 0.3) is 0 Å². The third-order valence-electron chi connectivity index (χ3n) is 5.73. The van der Waals surface area contributed by atoms with E-state index < -0.39 is 0 Å². The van der Waals surface area contributed by atoms with Crippen LogP contribution in [0.1, 0.15) is 44.1 Å². The van der Waals surface area contributed by atoms with Crippen LogP contribution in [0, 0.1) is 0 Å². The van der Waals surface area contributed by atoms with Crippen LogP contribution >= 0.6 is 0 Å². The highest BCUT2D eigenvalue weighted by Gasteiger charge is 2.35. The SMILES string of the molecule is O=C(CCCc1c[nH]c2ccccc12)N[C@H]1CCN2CCCC[C@H]12. The van der Waals surface area contributed by atoms with Crippen molar-refractivity contribution >= 4 is 16.8 Å². The van der Waals surface area contributed by atoms with Gasteiger partial charge in [0.05, 0.1) is 0 Å². The number of aromatic amines is 1. The Morgan fingerprint density at radius 3 is 3.08 bits per heavy atom. The highest BCUT2D eigenvalue weighted by Crippen LogP contribution is 2.27. The van der Waals surface area contributed by atoms with Gasteiger partial charge in [-0.3, -0.25) is 9.69 Å². The van der Waals surface area contributed by atoms with E-state index >= 15 is 0 Å². The van der Waals surface area contributed by atoms with Crippen LogP contribution in [-0.4, -0.2) is 41.0 Å². The summed E-state index contributed by atoms with van der Waals surface area (Å²) in [6.07, 6.45) is 9.59. The van der Waals surface area contributed by atoms with E-state index in [1.807, 2.05) is 6.07 Å². The third kappa shape index (κ3) is 3.20. The van der Waals surface area contributed by atoms with E-state index in [4.69, 9.17) is 0 Å². The lowest BCUT2D eigenvalue weighted by Crippen LogP contribution is -2.46. The number of aromatic nitrogens is 1. The van der Waals surface area contributed by atoms with E-state index in [9.17, 15) is 4.79 Å². The highest BCUT2D eigenvalue weighted by atomic mass is 16.1. The molecule has 1 aromatic carbocycles. The van der Waals surface area contributed by atoms with Gasteiger partial charge < -0.3 is 10.3 Å². The maximum Gasteiger partial charge on any atom is 0.220 e. The Labute approximate surface area is 143 Å². The molecule has 24 heavy (non-hydrogen) atoms. The van der Waals surface area contributed by atoms with Crippen molar-refractivity contribution in [1.82, 2.24) is 15.2 Å². The van der Waals surface area contributed by atoms with Crippen LogP contribution in [-0.2, 0) is 11.2 Å². The molecule has 1 aromatic heterocycles. The Hall–Kier alpha value is -1.81. The molecule has 4 rings (SSSR count). The van der Waals surface area contributed by atoms with E-state index in [-0.39, 0.29) is 5.91 Å². The second-order valence-electron chi connectivity index (χ2n) is 7.27. The van der Waals surface area contributed by atoms with E-state index in [0.29, 0.717) is 18.5 Å². The van der Waals surface area contributed by atoms with Gasteiger partial charge in [-0.25, -0.2) is 0 Å². The molecule has 1 amide bonds. The fraction of sp³-hybridized carbons (Fsp3) is 0.550. The molecule has 4 nitrogen and oxygen atoms in total. The van der Waals surface area contributed by atoms with Crippen molar-refractivity contribution < 1.29 is 4.79 Å². The Morgan fingerprint density at radius 2 is 2.12 bits per heavy atom. The first-order valence-corrected chi connectivity index (χ1v) is 9.40. The summed E-state index contributed by atoms with van der Waals surface area (Å²) in [6, 6.07) is 9.34. The summed E-state index contributed by atoms with van der Waals surface area (Å²) in [5.41, 5.74) is 2.50. The number of nitrogens with zero attached hydrogens (tertiary/aromatic N) is 1. The van der Waals surface area contributed by atoms with E-state index in [0.717, 1.165) is 25.8 Å². The molecule has 2 fully saturated rings. The largest absolute Gasteiger partial charge is 0.361 e. The van der Waals surface area contributed by atoms with Crippen molar-refractivity contribution in [2.24, 2.45) is 0 Å². The average molecular weight is 325 g/mol. The summed E-state index contributed by atoms with van der Waals surface area (Å²) in [7, 11) is 0. The number of para-hydroxylation sites is 1. The number of carbonyl (C=O) groups is 1. The van der Waals surface area contributed by atoms with Gasteiger partial charge in [0.2, 0.25) is 5.91 Å². The lowest BCUT2D eigenvalue weighted by atomic mass is 9.99. The first kappa shape index (κ1) is 15.7. The minimum Gasteiger partial charge on any atom is -0.361 e. The fourth-order valence-corrected chi connectivity index (χ4v) is 4.47. The zero-order valence-corrected chi connectivity index (χ0v) is 14.3.